The van der Waals surface area contributed by atoms with Gasteiger partial charge in [-0.05, 0) is 57.1 Å². The van der Waals surface area contributed by atoms with E-state index in [2.05, 4.69) is 9.88 Å². The lowest BCUT2D eigenvalue weighted by atomic mass is 10.2. The largest absolute Gasteiger partial charge is 0.337 e. The topological polar surface area (TPSA) is 37.3 Å². The summed E-state index contributed by atoms with van der Waals surface area (Å²) in [5.74, 6) is 0.127. The van der Waals surface area contributed by atoms with E-state index in [0.29, 0.717) is 5.02 Å². The van der Waals surface area contributed by atoms with E-state index >= 15 is 0 Å². The Hall–Kier alpha value is -1.49. The van der Waals surface area contributed by atoms with E-state index in [0.717, 1.165) is 55.2 Å². The number of hydrogen-bond donors (Lipinski definition) is 1. The van der Waals surface area contributed by atoms with Gasteiger partial charge in [0.2, 0.25) is 0 Å². The van der Waals surface area contributed by atoms with Crippen molar-refractivity contribution in [1.29, 1.82) is 0 Å². The second kappa shape index (κ2) is 8.06. The second-order valence-electron chi connectivity index (χ2n) is 5.99. The van der Waals surface area contributed by atoms with Gasteiger partial charge in [-0.3, -0.25) is 4.79 Å². The zero-order valence-corrected chi connectivity index (χ0v) is 15.6. The smallest absolute Gasteiger partial charge is 0.255 e. The molecule has 0 saturated carbocycles. The number of carbonyl (C=O) groups excluding carboxylic acids is 1. The number of amides is 1. The van der Waals surface area contributed by atoms with Crippen LogP contribution in [0, 0.1) is 13.8 Å². The molecule has 24 heavy (non-hydrogen) atoms. The molecule has 0 bridgehead atoms. The maximum absolute atomic E-state index is 12.9. The predicted octanol–water partition coefficient (Wildman–Crippen LogP) is 3.60. The molecule has 2 aromatic rings. The Morgan fingerprint density at radius 3 is 2.54 bits per heavy atom. The third-order valence-corrected chi connectivity index (χ3v) is 4.63. The molecule has 1 saturated heterocycles. The first kappa shape index (κ1) is 18.8. The summed E-state index contributed by atoms with van der Waals surface area (Å²) in [6, 6.07) is 9.69. The molecular weight excluding hydrogens is 345 g/mol. The molecule has 1 N–H and O–H groups in total. The third kappa shape index (κ3) is 3.77. The highest BCUT2D eigenvalue weighted by atomic mass is 35.5. The highest BCUT2D eigenvalue weighted by Gasteiger charge is 2.22. The molecule has 2 heterocycles. The minimum atomic E-state index is 0. The Morgan fingerprint density at radius 2 is 1.83 bits per heavy atom. The highest BCUT2D eigenvalue weighted by Crippen LogP contribution is 2.23. The SMILES string of the molecule is Cc1cc(C(=O)N2CCCNCC2)c(C)n1-c1ccc(Cl)cc1.Cl. The van der Waals surface area contributed by atoms with Crippen LogP contribution in [0.5, 0.6) is 0 Å². The number of nitrogens with zero attached hydrogens (tertiary/aromatic N) is 2. The van der Waals surface area contributed by atoms with Crippen LogP contribution in [-0.2, 0) is 0 Å². The van der Waals surface area contributed by atoms with Crippen molar-refractivity contribution < 1.29 is 4.79 Å². The van der Waals surface area contributed by atoms with Crippen LogP contribution in [-0.4, -0.2) is 41.6 Å². The van der Waals surface area contributed by atoms with Gasteiger partial charge in [-0.15, -0.1) is 12.4 Å². The minimum Gasteiger partial charge on any atom is -0.337 e. The third-order valence-electron chi connectivity index (χ3n) is 4.37. The number of rotatable bonds is 2. The molecule has 6 heteroatoms. The van der Waals surface area contributed by atoms with Gasteiger partial charge in [0.25, 0.3) is 5.91 Å². The lowest BCUT2D eigenvalue weighted by Gasteiger charge is -2.20. The number of halogens is 2. The second-order valence-corrected chi connectivity index (χ2v) is 6.43. The first-order valence-electron chi connectivity index (χ1n) is 8.03. The number of benzene rings is 1. The van der Waals surface area contributed by atoms with Gasteiger partial charge in [-0.25, -0.2) is 0 Å². The Kier molecular flexibility index (Phi) is 6.33. The van der Waals surface area contributed by atoms with Gasteiger partial charge in [-0.2, -0.15) is 0 Å². The molecule has 1 aliphatic rings. The summed E-state index contributed by atoms with van der Waals surface area (Å²) >= 11 is 5.98. The maximum Gasteiger partial charge on any atom is 0.255 e. The van der Waals surface area contributed by atoms with E-state index in [1.807, 2.05) is 49.1 Å². The summed E-state index contributed by atoms with van der Waals surface area (Å²) < 4.78 is 2.11. The fourth-order valence-corrected chi connectivity index (χ4v) is 3.31. The van der Waals surface area contributed by atoms with Gasteiger partial charge in [0.05, 0.1) is 5.56 Å². The monoisotopic (exact) mass is 367 g/mol. The zero-order chi connectivity index (χ0) is 16.4. The molecule has 4 nitrogen and oxygen atoms in total. The maximum atomic E-state index is 12.9. The molecule has 0 aliphatic carbocycles. The molecule has 130 valence electrons. The number of hydrogen-bond acceptors (Lipinski definition) is 2. The van der Waals surface area contributed by atoms with Crippen molar-refractivity contribution >= 4 is 29.9 Å². The Balaban J connectivity index is 0.00000208. The molecule has 3 rings (SSSR count). The number of aromatic nitrogens is 1. The van der Waals surface area contributed by atoms with Crippen LogP contribution < -0.4 is 5.32 Å². The molecular formula is C18H23Cl2N3O. The lowest BCUT2D eigenvalue weighted by molar-refractivity contribution is 0.0765. The van der Waals surface area contributed by atoms with Crippen LogP contribution in [0.3, 0.4) is 0 Å². The average molecular weight is 368 g/mol. The molecule has 1 aromatic heterocycles. The standard InChI is InChI=1S/C18H22ClN3O.ClH/c1-13-12-17(18(23)21-10-3-8-20-9-11-21)14(2)22(13)16-6-4-15(19)5-7-16;/h4-7,12,20H,3,8-11H2,1-2H3;1H. The highest BCUT2D eigenvalue weighted by molar-refractivity contribution is 6.30. The van der Waals surface area contributed by atoms with Crippen LogP contribution >= 0.6 is 24.0 Å². The van der Waals surface area contributed by atoms with Gasteiger partial charge in [0.15, 0.2) is 0 Å². The minimum absolute atomic E-state index is 0. The van der Waals surface area contributed by atoms with Crippen molar-refractivity contribution in [3.8, 4) is 5.69 Å². The van der Waals surface area contributed by atoms with Crippen molar-refractivity contribution in [3.63, 3.8) is 0 Å². The number of carbonyl (C=O) groups is 1. The lowest BCUT2D eigenvalue weighted by Crippen LogP contribution is -2.34. The Labute approximate surface area is 154 Å². The van der Waals surface area contributed by atoms with Crippen molar-refractivity contribution in [3.05, 3.63) is 52.3 Å². The molecule has 0 atom stereocenters. The molecule has 1 aromatic carbocycles. The van der Waals surface area contributed by atoms with Gasteiger partial charge in [0, 0.05) is 41.7 Å². The summed E-state index contributed by atoms with van der Waals surface area (Å²) in [6.45, 7) is 7.46. The van der Waals surface area contributed by atoms with Crippen LogP contribution in [0.4, 0.5) is 0 Å². The van der Waals surface area contributed by atoms with Crippen LogP contribution in [0.25, 0.3) is 5.69 Å². The van der Waals surface area contributed by atoms with E-state index in [4.69, 9.17) is 11.6 Å². The van der Waals surface area contributed by atoms with Crippen molar-refractivity contribution in [1.82, 2.24) is 14.8 Å². The summed E-state index contributed by atoms with van der Waals surface area (Å²) in [6.07, 6.45) is 1.00. The number of aryl methyl sites for hydroxylation is 1. The quantitative estimate of drug-likeness (QED) is 0.880. The molecule has 1 fully saturated rings. The zero-order valence-electron chi connectivity index (χ0n) is 14.0. The van der Waals surface area contributed by atoms with E-state index in [1.54, 1.807) is 0 Å². The predicted molar refractivity (Wildman–Crippen MR) is 101 cm³/mol. The van der Waals surface area contributed by atoms with Crippen molar-refractivity contribution in [2.75, 3.05) is 26.2 Å². The van der Waals surface area contributed by atoms with Crippen molar-refractivity contribution in [2.45, 2.75) is 20.3 Å². The fraction of sp³-hybridized carbons (Fsp3) is 0.389. The fourth-order valence-electron chi connectivity index (χ4n) is 3.19. The summed E-state index contributed by atoms with van der Waals surface area (Å²) in [7, 11) is 0. The van der Waals surface area contributed by atoms with Gasteiger partial charge >= 0.3 is 0 Å². The summed E-state index contributed by atoms with van der Waals surface area (Å²) in [5.41, 5.74) is 3.86. The Bertz CT molecular complexity index is 702. The van der Waals surface area contributed by atoms with Crippen LogP contribution in [0.15, 0.2) is 30.3 Å². The van der Waals surface area contributed by atoms with Crippen molar-refractivity contribution in [2.24, 2.45) is 0 Å². The normalized spacial score (nSPS) is 14.9. The first-order valence-corrected chi connectivity index (χ1v) is 8.40. The Morgan fingerprint density at radius 1 is 1.12 bits per heavy atom. The molecule has 1 aliphatic heterocycles. The number of nitrogens with one attached hydrogen (secondary N) is 1. The molecule has 0 unspecified atom stereocenters. The first-order chi connectivity index (χ1) is 11.1. The van der Waals surface area contributed by atoms with E-state index < -0.39 is 0 Å². The van der Waals surface area contributed by atoms with Gasteiger partial charge in [0.1, 0.15) is 0 Å². The van der Waals surface area contributed by atoms with Crippen LogP contribution in [0.1, 0.15) is 28.2 Å². The molecule has 0 spiro atoms. The average Bonchev–Trinajstić information content (AvgIpc) is 2.74. The van der Waals surface area contributed by atoms with E-state index in [-0.39, 0.29) is 18.3 Å². The van der Waals surface area contributed by atoms with Gasteiger partial charge < -0.3 is 14.8 Å². The summed E-state index contributed by atoms with van der Waals surface area (Å²) in [4.78, 5) is 14.8. The van der Waals surface area contributed by atoms with Crippen LogP contribution in [0.2, 0.25) is 5.02 Å². The molecule has 1 amide bonds. The molecule has 0 radical (unpaired) electrons. The van der Waals surface area contributed by atoms with E-state index in [1.165, 1.54) is 0 Å². The van der Waals surface area contributed by atoms with E-state index in [9.17, 15) is 4.79 Å². The summed E-state index contributed by atoms with van der Waals surface area (Å²) in [5, 5.41) is 4.05. The van der Waals surface area contributed by atoms with Gasteiger partial charge in [-0.1, -0.05) is 11.6 Å².